The number of anilines is 3. The number of methoxy groups -OCH3 is 1. The van der Waals surface area contributed by atoms with E-state index in [1.165, 1.54) is 0 Å². The van der Waals surface area contributed by atoms with E-state index in [1.54, 1.807) is 30.3 Å². The number of benzene rings is 2. The molecule has 9 nitrogen and oxygen atoms in total. The minimum atomic E-state index is -0.390. The van der Waals surface area contributed by atoms with E-state index in [1.807, 2.05) is 37.3 Å². The van der Waals surface area contributed by atoms with E-state index >= 15 is 0 Å². The number of ether oxygens (including phenoxy) is 2. The van der Waals surface area contributed by atoms with Crippen LogP contribution in [0, 0.1) is 6.92 Å². The maximum absolute atomic E-state index is 12.9. The fourth-order valence-electron chi connectivity index (χ4n) is 3.90. The van der Waals surface area contributed by atoms with Crippen LogP contribution in [0.2, 0.25) is 0 Å². The van der Waals surface area contributed by atoms with Crippen molar-refractivity contribution in [2.75, 3.05) is 48.9 Å². The lowest BCUT2D eigenvalue weighted by molar-refractivity contribution is 0.123. The van der Waals surface area contributed by atoms with Crippen LogP contribution < -0.4 is 26.0 Å². The number of rotatable bonds is 4. The third kappa shape index (κ3) is 3.96. The molecule has 0 radical (unpaired) electrons. The van der Waals surface area contributed by atoms with Crippen molar-refractivity contribution in [3.8, 4) is 5.75 Å². The number of aromatic nitrogens is 2. The van der Waals surface area contributed by atoms with Gasteiger partial charge in [0.1, 0.15) is 5.75 Å². The van der Waals surface area contributed by atoms with Gasteiger partial charge in [0.15, 0.2) is 0 Å². The number of imidazole rings is 1. The molecule has 1 aliphatic rings. The molecule has 4 rings (SSSR count). The van der Waals surface area contributed by atoms with Crippen LogP contribution in [-0.2, 0) is 18.8 Å². The quantitative estimate of drug-likeness (QED) is 0.671. The molecule has 0 atom stereocenters. The van der Waals surface area contributed by atoms with Crippen molar-refractivity contribution in [1.82, 2.24) is 9.13 Å². The van der Waals surface area contributed by atoms with E-state index in [4.69, 9.17) is 9.47 Å². The minimum Gasteiger partial charge on any atom is -0.495 e. The molecule has 2 heterocycles. The maximum atomic E-state index is 12.9. The second kappa shape index (κ2) is 8.35. The first kappa shape index (κ1) is 20.8. The molecule has 164 valence electrons. The highest BCUT2D eigenvalue weighted by atomic mass is 16.5. The molecular weight excluding hydrogens is 398 g/mol. The van der Waals surface area contributed by atoms with E-state index in [-0.39, 0.29) is 5.69 Å². The lowest BCUT2D eigenvalue weighted by atomic mass is 10.2. The monoisotopic (exact) mass is 425 g/mol. The van der Waals surface area contributed by atoms with Gasteiger partial charge in [-0.2, -0.15) is 0 Å². The second-order valence-electron chi connectivity index (χ2n) is 7.64. The summed E-state index contributed by atoms with van der Waals surface area (Å²) in [5.74, 6) is 0.579. The molecule has 0 aliphatic carbocycles. The first-order valence-electron chi connectivity index (χ1n) is 10.1. The third-order valence-corrected chi connectivity index (χ3v) is 5.59. The first-order chi connectivity index (χ1) is 14.9. The molecular formula is C22H27N5O4. The Hall–Kier alpha value is -3.46. The Balaban J connectivity index is 1.71. The van der Waals surface area contributed by atoms with Gasteiger partial charge in [0.2, 0.25) is 0 Å². The van der Waals surface area contributed by atoms with Crippen LogP contribution in [0.1, 0.15) is 5.56 Å². The van der Waals surface area contributed by atoms with E-state index in [9.17, 15) is 9.59 Å². The van der Waals surface area contributed by atoms with Crippen LogP contribution in [0.25, 0.3) is 11.0 Å². The number of aryl methyl sites for hydroxylation is 3. The average Bonchev–Trinajstić information content (AvgIpc) is 2.97. The van der Waals surface area contributed by atoms with Crippen molar-refractivity contribution in [2.45, 2.75) is 6.92 Å². The molecule has 1 aromatic heterocycles. The molecule has 1 aliphatic heterocycles. The number of amides is 2. The summed E-state index contributed by atoms with van der Waals surface area (Å²) in [6.45, 7) is 4.57. The molecule has 0 bridgehead atoms. The zero-order valence-electron chi connectivity index (χ0n) is 18.2. The SMILES string of the molecule is COc1ccc(C)cc1NC(=O)Nc1cc2c(cc1N1CCOCC1)n(C)c(=O)n2C. The van der Waals surface area contributed by atoms with Gasteiger partial charge in [0.25, 0.3) is 0 Å². The van der Waals surface area contributed by atoms with Gasteiger partial charge in [-0.3, -0.25) is 9.13 Å². The number of hydrogen-bond donors (Lipinski definition) is 2. The number of carbonyl (C=O) groups excluding carboxylic acids is 1. The average molecular weight is 425 g/mol. The Labute approximate surface area is 180 Å². The number of morpholine rings is 1. The predicted molar refractivity (Wildman–Crippen MR) is 122 cm³/mol. The standard InChI is InChI=1S/C22H27N5O4/c1-14-5-6-20(30-4)16(11-14)24-21(28)23-15-12-18-19(26(3)22(29)25(18)2)13-17(15)27-7-9-31-10-8-27/h5-6,11-13H,7-10H2,1-4H3,(H2,23,24,28). The fourth-order valence-corrected chi connectivity index (χ4v) is 3.90. The smallest absolute Gasteiger partial charge is 0.328 e. The molecule has 0 saturated carbocycles. The molecule has 3 aromatic rings. The van der Waals surface area contributed by atoms with Crippen LogP contribution >= 0.6 is 0 Å². The zero-order valence-corrected chi connectivity index (χ0v) is 18.2. The lowest BCUT2D eigenvalue weighted by Crippen LogP contribution is -2.37. The molecule has 1 fully saturated rings. The lowest BCUT2D eigenvalue weighted by Gasteiger charge is -2.30. The Kier molecular flexibility index (Phi) is 5.60. The number of carbonyl (C=O) groups is 1. The molecule has 9 heteroatoms. The molecule has 2 amide bonds. The summed E-state index contributed by atoms with van der Waals surface area (Å²) in [4.78, 5) is 27.5. The largest absolute Gasteiger partial charge is 0.495 e. The summed E-state index contributed by atoms with van der Waals surface area (Å²) >= 11 is 0. The molecule has 31 heavy (non-hydrogen) atoms. The predicted octanol–water partition coefficient (Wildman–Crippen LogP) is 2.67. The van der Waals surface area contributed by atoms with Gasteiger partial charge < -0.3 is 25.0 Å². The molecule has 1 saturated heterocycles. The third-order valence-electron chi connectivity index (χ3n) is 5.59. The van der Waals surface area contributed by atoms with Gasteiger partial charge in [0.05, 0.1) is 48.4 Å². The Bertz CT molecular complexity index is 1190. The summed E-state index contributed by atoms with van der Waals surface area (Å²) < 4.78 is 14.0. The number of hydrogen-bond acceptors (Lipinski definition) is 5. The summed E-state index contributed by atoms with van der Waals surface area (Å²) in [5.41, 5.74) is 4.50. The van der Waals surface area contributed by atoms with E-state index in [0.717, 1.165) is 22.3 Å². The second-order valence-corrected chi connectivity index (χ2v) is 7.64. The molecule has 0 unspecified atom stereocenters. The number of urea groups is 1. The van der Waals surface area contributed by atoms with E-state index in [2.05, 4.69) is 15.5 Å². The van der Waals surface area contributed by atoms with Crippen LogP contribution in [0.15, 0.2) is 35.1 Å². The number of fused-ring (bicyclic) bond motifs is 1. The summed E-state index contributed by atoms with van der Waals surface area (Å²) in [6.07, 6.45) is 0. The number of nitrogens with one attached hydrogen (secondary N) is 2. The molecule has 2 N–H and O–H groups in total. The zero-order chi connectivity index (χ0) is 22.1. The summed E-state index contributed by atoms with van der Waals surface area (Å²) in [5, 5.41) is 5.83. The van der Waals surface area contributed by atoms with Crippen molar-refractivity contribution >= 4 is 34.1 Å². The summed E-state index contributed by atoms with van der Waals surface area (Å²) in [6, 6.07) is 8.99. The van der Waals surface area contributed by atoms with Crippen molar-refractivity contribution in [3.63, 3.8) is 0 Å². The fraction of sp³-hybridized carbons (Fsp3) is 0.364. The highest BCUT2D eigenvalue weighted by Crippen LogP contribution is 2.32. The van der Waals surface area contributed by atoms with Gasteiger partial charge >= 0.3 is 11.7 Å². The van der Waals surface area contributed by atoms with Crippen molar-refractivity contribution in [1.29, 1.82) is 0 Å². The molecule has 0 spiro atoms. The van der Waals surface area contributed by atoms with Crippen molar-refractivity contribution in [3.05, 3.63) is 46.4 Å². The Morgan fingerprint density at radius 3 is 2.32 bits per heavy atom. The van der Waals surface area contributed by atoms with Crippen molar-refractivity contribution in [2.24, 2.45) is 14.1 Å². The topological polar surface area (TPSA) is 89.8 Å². The highest BCUT2D eigenvalue weighted by molar-refractivity contribution is 6.04. The van der Waals surface area contributed by atoms with Gasteiger partial charge in [-0.1, -0.05) is 6.07 Å². The normalized spacial score (nSPS) is 14.0. The van der Waals surface area contributed by atoms with Crippen LogP contribution in [0.3, 0.4) is 0 Å². The van der Waals surface area contributed by atoms with Crippen molar-refractivity contribution < 1.29 is 14.3 Å². The summed E-state index contributed by atoms with van der Waals surface area (Å²) in [7, 11) is 5.03. The van der Waals surface area contributed by atoms with E-state index < -0.39 is 6.03 Å². The van der Waals surface area contributed by atoms with Gasteiger partial charge in [0, 0.05) is 27.2 Å². The van der Waals surface area contributed by atoms with Gasteiger partial charge in [-0.05, 0) is 36.8 Å². The van der Waals surface area contributed by atoms with Gasteiger partial charge in [-0.25, -0.2) is 9.59 Å². The highest BCUT2D eigenvalue weighted by Gasteiger charge is 2.20. The van der Waals surface area contributed by atoms with Gasteiger partial charge in [-0.15, -0.1) is 0 Å². The van der Waals surface area contributed by atoms with Crippen LogP contribution in [-0.4, -0.2) is 48.6 Å². The van der Waals surface area contributed by atoms with E-state index in [0.29, 0.717) is 43.4 Å². The first-order valence-corrected chi connectivity index (χ1v) is 10.1. The minimum absolute atomic E-state index is 0.117. The van der Waals surface area contributed by atoms with Crippen LogP contribution in [0.5, 0.6) is 5.75 Å². The Morgan fingerprint density at radius 1 is 1.00 bits per heavy atom. The maximum Gasteiger partial charge on any atom is 0.328 e. The number of nitrogens with zero attached hydrogens (tertiary/aromatic N) is 3. The van der Waals surface area contributed by atoms with Crippen LogP contribution in [0.4, 0.5) is 21.9 Å². The molecule has 2 aromatic carbocycles. The Morgan fingerprint density at radius 2 is 1.65 bits per heavy atom.